The van der Waals surface area contributed by atoms with E-state index in [-0.39, 0.29) is 6.61 Å². The van der Waals surface area contributed by atoms with Crippen molar-refractivity contribution in [1.29, 1.82) is 0 Å². The third-order valence-electron chi connectivity index (χ3n) is 4.45. The molecule has 4 nitrogen and oxygen atoms in total. The van der Waals surface area contributed by atoms with Gasteiger partial charge in [0.2, 0.25) is 0 Å². The topological polar surface area (TPSA) is 66.8 Å². The molecule has 5 heteroatoms. The fraction of sp³-hybridized carbons (Fsp3) is 0.333. The minimum atomic E-state index is -3.05. The maximum Gasteiger partial charge on any atom is 0.148 e. The lowest BCUT2D eigenvalue weighted by molar-refractivity contribution is -0.0919. The van der Waals surface area contributed by atoms with Crippen LogP contribution in [0.2, 0.25) is 0 Å². The lowest BCUT2D eigenvalue weighted by Crippen LogP contribution is -2.48. The highest BCUT2D eigenvalue weighted by Gasteiger charge is 2.45. The Morgan fingerprint density at radius 2 is 1.52 bits per heavy atom. The molecule has 1 aliphatic rings. The van der Waals surface area contributed by atoms with Gasteiger partial charge in [-0.1, -0.05) is 60.7 Å². The SMILES string of the molecule is O=P(c1ccccc1)(c1ccccc1)[C@H]1CCO[C@H](CO)[C@H]1O. The number of benzene rings is 2. The minimum Gasteiger partial charge on any atom is -0.394 e. The normalized spacial score (nSPS) is 25.2. The van der Waals surface area contributed by atoms with Crippen LogP contribution in [0.25, 0.3) is 0 Å². The van der Waals surface area contributed by atoms with E-state index in [0.717, 1.165) is 10.6 Å². The zero-order valence-corrected chi connectivity index (χ0v) is 13.7. The lowest BCUT2D eigenvalue weighted by atomic mass is 10.1. The Morgan fingerprint density at radius 3 is 2.00 bits per heavy atom. The van der Waals surface area contributed by atoms with E-state index in [4.69, 9.17) is 4.74 Å². The predicted molar refractivity (Wildman–Crippen MR) is 91.0 cm³/mol. The Balaban J connectivity index is 2.11. The van der Waals surface area contributed by atoms with E-state index in [0.29, 0.717) is 13.0 Å². The summed E-state index contributed by atoms with van der Waals surface area (Å²) in [6, 6.07) is 18.6. The van der Waals surface area contributed by atoms with Crippen molar-refractivity contribution >= 4 is 17.8 Å². The van der Waals surface area contributed by atoms with Gasteiger partial charge in [-0.05, 0) is 6.42 Å². The molecule has 1 aliphatic heterocycles. The average Bonchev–Trinajstić information content (AvgIpc) is 2.63. The van der Waals surface area contributed by atoms with E-state index in [1.807, 2.05) is 60.7 Å². The van der Waals surface area contributed by atoms with Gasteiger partial charge in [0.05, 0.1) is 18.4 Å². The molecule has 2 aromatic rings. The van der Waals surface area contributed by atoms with Crippen LogP contribution in [0.15, 0.2) is 60.7 Å². The monoisotopic (exact) mass is 332 g/mol. The molecule has 0 aromatic heterocycles. The molecule has 0 aliphatic carbocycles. The summed E-state index contributed by atoms with van der Waals surface area (Å²) in [5.74, 6) is 0. The fourth-order valence-electron chi connectivity index (χ4n) is 3.25. The van der Waals surface area contributed by atoms with Gasteiger partial charge in [-0.25, -0.2) is 0 Å². The van der Waals surface area contributed by atoms with Crippen LogP contribution in [0, 0.1) is 0 Å². The largest absolute Gasteiger partial charge is 0.394 e. The Hall–Kier alpha value is -1.45. The summed E-state index contributed by atoms with van der Waals surface area (Å²) in [5.41, 5.74) is -0.460. The van der Waals surface area contributed by atoms with Gasteiger partial charge in [0.1, 0.15) is 13.2 Å². The number of hydrogen-bond donors (Lipinski definition) is 2. The molecular formula is C18H21O4P. The van der Waals surface area contributed by atoms with Gasteiger partial charge < -0.3 is 19.5 Å². The first-order valence-electron chi connectivity index (χ1n) is 7.79. The maximum atomic E-state index is 14.1. The van der Waals surface area contributed by atoms with Crippen molar-refractivity contribution in [2.45, 2.75) is 24.3 Å². The molecule has 0 amide bonds. The van der Waals surface area contributed by atoms with Crippen LogP contribution in [0.3, 0.4) is 0 Å². The van der Waals surface area contributed by atoms with Gasteiger partial charge in [-0.15, -0.1) is 0 Å². The smallest absolute Gasteiger partial charge is 0.148 e. The van der Waals surface area contributed by atoms with Crippen molar-refractivity contribution in [3.63, 3.8) is 0 Å². The summed E-state index contributed by atoms with van der Waals surface area (Å²) in [6.45, 7) is 0.109. The first-order valence-corrected chi connectivity index (χ1v) is 9.57. The molecule has 0 radical (unpaired) electrons. The molecule has 1 fully saturated rings. The second kappa shape index (κ2) is 6.98. The molecular weight excluding hydrogens is 311 g/mol. The van der Waals surface area contributed by atoms with Crippen LogP contribution >= 0.6 is 7.14 Å². The molecule has 122 valence electrons. The van der Waals surface area contributed by atoms with Crippen LogP contribution in [-0.2, 0) is 9.30 Å². The van der Waals surface area contributed by atoms with Crippen molar-refractivity contribution < 1.29 is 19.5 Å². The first kappa shape index (κ1) is 16.4. The molecule has 0 bridgehead atoms. The molecule has 2 N–H and O–H groups in total. The quantitative estimate of drug-likeness (QED) is 0.833. The summed E-state index contributed by atoms with van der Waals surface area (Å²) in [5, 5.41) is 21.5. The number of rotatable bonds is 4. The zero-order chi connectivity index (χ0) is 16.3. The van der Waals surface area contributed by atoms with Gasteiger partial charge in [0.25, 0.3) is 0 Å². The van der Waals surface area contributed by atoms with E-state index in [9.17, 15) is 14.8 Å². The van der Waals surface area contributed by atoms with Crippen LogP contribution in [0.5, 0.6) is 0 Å². The maximum absolute atomic E-state index is 14.1. The Labute approximate surface area is 136 Å². The van der Waals surface area contributed by atoms with Gasteiger partial charge >= 0.3 is 0 Å². The molecule has 1 heterocycles. The minimum absolute atomic E-state index is 0.277. The van der Waals surface area contributed by atoms with Crippen LogP contribution in [0.4, 0.5) is 0 Å². The summed E-state index contributed by atoms with van der Waals surface area (Å²) in [6.07, 6.45) is -1.15. The molecule has 2 aromatic carbocycles. The van der Waals surface area contributed by atoms with E-state index in [2.05, 4.69) is 0 Å². The third-order valence-corrected chi connectivity index (χ3v) is 8.08. The molecule has 0 unspecified atom stereocenters. The zero-order valence-electron chi connectivity index (χ0n) is 12.8. The standard InChI is InChI=1S/C18H21O4P/c19-13-16-18(20)17(11-12-22-16)23(21,14-7-3-1-4-8-14)15-9-5-2-6-10-15/h1-10,16-20H,11-13H2/t16-,17+,18-/m1/s1. The van der Waals surface area contributed by atoms with Crippen molar-refractivity contribution in [2.75, 3.05) is 13.2 Å². The van der Waals surface area contributed by atoms with Gasteiger partial charge in [-0.2, -0.15) is 0 Å². The fourth-order valence-corrected chi connectivity index (χ4v) is 6.63. The second-order valence-electron chi connectivity index (χ2n) is 5.77. The van der Waals surface area contributed by atoms with Crippen molar-refractivity contribution in [2.24, 2.45) is 0 Å². The van der Waals surface area contributed by atoms with E-state index < -0.39 is 25.0 Å². The molecule has 23 heavy (non-hydrogen) atoms. The van der Waals surface area contributed by atoms with Gasteiger partial charge in [0, 0.05) is 17.2 Å². The summed E-state index contributed by atoms with van der Waals surface area (Å²) in [7, 11) is -3.05. The lowest BCUT2D eigenvalue weighted by Gasteiger charge is -2.38. The van der Waals surface area contributed by atoms with Gasteiger partial charge in [-0.3, -0.25) is 0 Å². The van der Waals surface area contributed by atoms with Crippen molar-refractivity contribution in [3.8, 4) is 0 Å². The highest BCUT2D eigenvalue weighted by molar-refractivity contribution is 7.79. The number of aliphatic hydroxyl groups is 2. The molecule has 3 atom stereocenters. The highest BCUT2D eigenvalue weighted by atomic mass is 31.2. The van der Waals surface area contributed by atoms with Crippen LogP contribution in [-0.4, -0.2) is 41.3 Å². The molecule has 3 rings (SSSR count). The molecule has 0 saturated carbocycles. The molecule has 1 saturated heterocycles. The Kier molecular flexibility index (Phi) is 4.98. The van der Waals surface area contributed by atoms with Crippen LogP contribution in [0.1, 0.15) is 6.42 Å². The number of aliphatic hydroxyl groups excluding tert-OH is 2. The Bertz CT molecular complexity index is 630. The van der Waals surface area contributed by atoms with Crippen molar-refractivity contribution in [1.82, 2.24) is 0 Å². The van der Waals surface area contributed by atoms with E-state index in [1.165, 1.54) is 0 Å². The van der Waals surface area contributed by atoms with E-state index in [1.54, 1.807) is 0 Å². The number of ether oxygens (including phenoxy) is 1. The first-order chi connectivity index (χ1) is 11.2. The average molecular weight is 332 g/mol. The second-order valence-corrected chi connectivity index (χ2v) is 8.78. The number of hydrogen-bond acceptors (Lipinski definition) is 4. The van der Waals surface area contributed by atoms with E-state index >= 15 is 0 Å². The predicted octanol–water partition coefficient (Wildman–Crippen LogP) is 1.51. The van der Waals surface area contributed by atoms with Gasteiger partial charge in [0.15, 0.2) is 0 Å². The van der Waals surface area contributed by atoms with Crippen LogP contribution < -0.4 is 10.6 Å². The van der Waals surface area contributed by atoms with Crippen molar-refractivity contribution in [3.05, 3.63) is 60.7 Å². The molecule has 0 spiro atoms. The summed E-state index contributed by atoms with van der Waals surface area (Å²) < 4.78 is 19.6. The summed E-state index contributed by atoms with van der Waals surface area (Å²) >= 11 is 0. The summed E-state index contributed by atoms with van der Waals surface area (Å²) in [4.78, 5) is 0. The Morgan fingerprint density at radius 1 is 1.00 bits per heavy atom. The third kappa shape index (κ3) is 3.00. The highest BCUT2D eigenvalue weighted by Crippen LogP contribution is 2.52.